The quantitative estimate of drug-likeness (QED) is 0.929. The van der Waals surface area contributed by atoms with Gasteiger partial charge in [-0.1, -0.05) is 23.4 Å². The molecule has 0 spiro atoms. The Kier molecular flexibility index (Phi) is 4.15. The molecule has 1 aromatic heterocycles. The summed E-state index contributed by atoms with van der Waals surface area (Å²) in [7, 11) is 0. The lowest BCUT2D eigenvalue weighted by molar-refractivity contribution is 0.171. The van der Waals surface area contributed by atoms with Crippen LogP contribution in [-0.4, -0.2) is 40.2 Å². The van der Waals surface area contributed by atoms with E-state index in [-0.39, 0.29) is 29.7 Å². The van der Waals surface area contributed by atoms with Crippen molar-refractivity contribution in [3.63, 3.8) is 0 Å². The second-order valence-corrected chi connectivity index (χ2v) is 6.88. The number of nitrogens with zero attached hydrogens (tertiary/aromatic N) is 3. The van der Waals surface area contributed by atoms with Gasteiger partial charge in [0.1, 0.15) is 5.82 Å². The first-order valence-corrected chi connectivity index (χ1v) is 8.72. The first-order valence-electron chi connectivity index (χ1n) is 8.72. The predicted molar refractivity (Wildman–Crippen MR) is 88.7 cm³/mol. The van der Waals surface area contributed by atoms with Gasteiger partial charge in [0, 0.05) is 25.0 Å². The molecule has 25 heavy (non-hydrogen) atoms. The molecule has 1 aliphatic carbocycles. The number of halogens is 1. The van der Waals surface area contributed by atoms with Crippen LogP contribution >= 0.6 is 0 Å². The van der Waals surface area contributed by atoms with Crippen LogP contribution in [0.15, 0.2) is 28.8 Å². The summed E-state index contributed by atoms with van der Waals surface area (Å²) in [4.78, 5) is 18.6. The fourth-order valence-electron chi connectivity index (χ4n) is 3.57. The van der Waals surface area contributed by atoms with Crippen LogP contribution in [0.5, 0.6) is 0 Å². The molecule has 1 saturated carbocycles. The smallest absolute Gasteiger partial charge is 0.317 e. The van der Waals surface area contributed by atoms with Gasteiger partial charge < -0.3 is 14.7 Å². The summed E-state index contributed by atoms with van der Waals surface area (Å²) in [6, 6.07) is 6.69. The van der Waals surface area contributed by atoms with Gasteiger partial charge in [0.05, 0.1) is 5.92 Å². The Morgan fingerprint density at radius 1 is 1.40 bits per heavy atom. The van der Waals surface area contributed by atoms with Crippen molar-refractivity contribution in [1.82, 2.24) is 20.4 Å². The van der Waals surface area contributed by atoms with Crippen LogP contribution < -0.4 is 5.32 Å². The lowest BCUT2D eigenvalue weighted by Gasteiger charge is -2.31. The van der Waals surface area contributed by atoms with E-state index in [9.17, 15) is 9.18 Å². The van der Waals surface area contributed by atoms with Crippen LogP contribution in [0.4, 0.5) is 9.18 Å². The first kappa shape index (κ1) is 16.1. The highest BCUT2D eigenvalue weighted by molar-refractivity contribution is 5.75. The molecule has 1 aliphatic heterocycles. The van der Waals surface area contributed by atoms with Crippen molar-refractivity contribution in [2.75, 3.05) is 13.1 Å². The van der Waals surface area contributed by atoms with Crippen LogP contribution in [-0.2, 0) is 0 Å². The number of benzene rings is 1. The zero-order valence-electron chi connectivity index (χ0n) is 14.1. The molecule has 0 radical (unpaired) electrons. The average Bonchev–Trinajstić information content (AvgIpc) is 3.23. The Balaban J connectivity index is 1.35. The van der Waals surface area contributed by atoms with Gasteiger partial charge in [-0.2, -0.15) is 4.98 Å². The van der Waals surface area contributed by atoms with Crippen molar-refractivity contribution < 1.29 is 13.7 Å². The number of urea groups is 1. The van der Waals surface area contributed by atoms with Gasteiger partial charge in [-0.3, -0.25) is 0 Å². The molecule has 7 heteroatoms. The molecule has 4 rings (SSSR count). The molecule has 1 aromatic carbocycles. The van der Waals surface area contributed by atoms with Crippen LogP contribution in [0.2, 0.25) is 0 Å². The summed E-state index contributed by atoms with van der Waals surface area (Å²) < 4.78 is 19.1. The van der Waals surface area contributed by atoms with E-state index in [0.29, 0.717) is 30.4 Å². The van der Waals surface area contributed by atoms with Crippen LogP contribution in [0, 0.1) is 12.7 Å². The van der Waals surface area contributed by atoms with Crippen molar-refractivity contribution in [2.45, 2.75) is 44.1 Å². The summed E-state index contributed by atoms with van der Waals surface area (Å²) in [5.41, 5.74) is 0.686. The maximum atomic E-state index is 13.8. The first-order chi connectivity index (χ1) is 12.1. The topological polar surface area (TPSA) is 71.3 Å². The van der Waals surface area contributed by atoms with E-state index in [0.717, 1.165) is 19.3 Å². The average molecular weight is 344 g/mol. The van der Waals surface area contributed by atoms with E-state index in [2.05, 4.69) is 15.5 Å². The standard InChI is InChI=1S/C18H21FN4O2/c1-11-20-17(25-22-11)12-5-4-8-23(10-12)18(24)21-16-9-14(16)13-6-2-3-7-15(13)19/h2-3,6-7,12,14,16H,4-5,8-10H2,1H3,(H,21,24)/t12-,14-,16+/m0/s1. The minimum Gasteiger partial charge on any atom is -0.339 e. The number of aromatic nitrogens is 2. The minimum atomic E-state index is -0.200. The number of rotatable bonds is 3. The lowest BCUT2D eigenvalue weighted by atomic mass is 9.98. The zero-order valence-corrected chi connectivity index (χ0v) is 14.1. The van der Waals surface area contributed by atoms with E-state index >= 15 is 0 Å². The highest BCUT2D eigenvalue weighted by Gasteiger charge is 2.42. The van der Waals surface area contributed by atoms with Crippen molar-refractivity contribution in [3.8, 4) is 0 Å². The maximum absolute atomic E-state index is 13.8. The van der Waals surface area contributed by atoms with Gasteiger partial charge in [0.25, 0.3) is 0 Å². The van der Waals surface area contributed by atoms with E-state index in [1.807, 2.05) is 6.07 Å². The summed E-state index contributed by atoms with van der Waals surface area (Å²) in [5.74, 6) is 1.17. The van der Waals surface area contributed by atoms with Gasteiger partial charge in [-0.05, 0) is 37.8 Å². The van der Waals surface area contributed by atoms with Crippen molar-refractivity contribution >= 4 is 6.03 Å². The van der Waals surface area contributed by atoms with E-state index < -0.39 is 0 Å². The van der Waals surface area contributed by atoms with E-state index in [1.54, 1.807) is 24.0 Å². The molecular weight excluding hydrogens is 323 g/mol. The summed E-state index contributed by atoms with van der Waals surface area (Å²) in [6.07, 6.45) is 2.63. The molecule has 6 nitrogen and oxygen atoms in total. The Hall–Kier alpha value is -2.44. The molecule has 1 N–H and O–H groups in total. The number of piperidine rings is 1. The fourth-order valence-corrected chi connectivity index (χ4v) is 3.57. The number of likely N-dealkylation sites (tertiary alicyclic amines) is 1. The SMILES string of the molecule is Cc1noc([C@H]2CCCN(C(=O)N[C@@H]3C[C@H]3c3ccccc3F)C2)n1. The maximum Gasteiger partial charge on any atom is 0.317 e. The highest BCUT2D eigenvalue weighted by atomic mass is 19.1. The van der Waals surface area contributed by atoms with Crippen LogP contribution in [0.3, 0.4) is 0 Å². The van der Waals surface area contributed by atoms with Gasteiger partial charge in [-0.25, -0.2) is 9.18 Å². The second-order valence-electron chi connectivity index (χ2n) is 6.88. The lowest BCUT2D eigenvalue weighted by Crippen LogP contribution is -2.46. The number of nitrogens with one attached hydrogen (secondary N) is 1. The number of hydrogen-bond donors (Lipinski definition) is 1. The van der Waals surface area contributed by atoms with E-state index in [4.69, 9.17) is 4.52 Å². The third-order valence-electron chi connectivity index (χ3n) is 5.01. The summed E-state index contributed by atoms with van der Waals surface area (Å²) >= 11 is 0. The van der Waals surface area contributed by atoms with Crippen LogP contribution in [0.25, 0.3) is 0 Å². The second kappa shape index (κ2) is 6.46. The molecule has 0 bridgehead atoms. The Labute approximate surface area is 145 Å². The van der Waals surface area contributed by atoms with Crippen molar-refractivity contribution in [3.05, 3.63) is 47.4 Å². The minimum absolute atomic E-state index is 0.00965. The van der Waals surface area contributed by atoms with Gasteiger partial charge in [0.15, 0.2) is 5.82 Å². The molecule has 2 aliphatic rings. The largest absolute Gasteiger partial charge is 0.339 e. The molecular formula is C18H21FN4O2. The third-order valence-corrected chi connectivity index (χ3v) is 5.01. The number of hydrogen-bond acceptors (Lipinski definition) is 4. The normalized spacial score (nSPS) is 25.7. The molecule has 2 fully saturated rings. The summed E-state index contributed by atoms with van der Waals surface area (Å²) in [6.45, 7) is 3.08. The fraction of sp³-hybridized carbons (Fsp3) is 0.500. The van der Waals surface area contributed by atoms with Gasteiger partial charge in [-0.15, -0.1) is 0 Å². The predicted octanol–water partition coefficient (Wildman–Crippen LogP) is 2.96. The Bertz CT molecular complexity index is 778. The number of aryl methyl sites for hydroxylation is 1. The number of amides is 2. The Morgan fingerprint density at radius 2 is 2.24 bits per heavy atom. The molecule has 132 valence electrons. The molecule has 0 unspecified atom stereocenters. The molecule has 2 aromatic rings. The number of carbonyl (C=O) groups excluding carboxylic acids is 1. The highest BCUT2D eigenvalue weighted by Crippen LogP contribution is 2.42. The third kappa shape index (κ3) is 3.36. The monoisotopic (exact) mass is 344 g/mol. The van der Waals surface area contributed by atoms with Gasteiger partial charge in [0.2, 0.25) is 5.89 Å². The molecule has 1 saturated heterocycles. The molecule has 2 heterocycles. The van der Waals surface area contributed by atoms with Crippen LogP contribution in [0.1, 0.15) is 48.4 Å². The van der Waals surface area contributed by atoms with E-state index in [1.165, 1.54) is 6.07 Å². The van der Waals surface area contributed by atoms with Gasteiger partial charge >= 0.3 is 6.03 Å². The van der Waals surface area contributed by atoms with Crippen molar-refractivity contribution in [2.24, 2.45) is 0 Å². The summed E-state index contributed by atoms with van der Waals surface area (Å²) in [5, 5.41) is 6.86. The van der Waals surface area contributed by atoms with Crippen molar-refractivity contribution in [1.29, 1.82) is 0 Å². The number of carbonyl (C=O) groups is 1. The Morgan fingerprint density at radius 3 is 3.00 bits per heavy atom. The molecule has 3 atom stereocenters. The molecule has 2 amide bonds. The zero-order chi connectivity index (χ0) is 17.4.